The fraction of sp³-hybridized carbons (Fsp3) is 0.350. The van der Waals surface area contributed by atoms with Crippen LogP contribution in [0.5, 0.6) is 0 Å². The molecule has 0 spiro atoms. The van der Waals surface area contributed by atoms with Crippen LogP contribution in [0.15, 0.2) is 53.4 Å². The number of carbonyl (C=O) groups excluding carboxylic acids is 1. The van der Waals surface area contributed by atoms with Crippen molar-refractivity contribution in [2.75, 3.05) is 13.1 Å². The monoisotopic (exact) mass is 374 g/mol. The summed E-state index contributed by atoms with van der Waals surface area (Å²) in [5.41, 5.74) is 2.74. The van der Waals surface area contributed by atoms with Crippen molar-refractivity contribution in [3.05, 3.63) is 65.2 Å². The van der Waals surface area contributed by atoms with Crippen LogP contribution in [-0.4, -0.2) is 32.3 Å². The average Bonchev–Trinajstić information content (AvgIpc) is 2.58. The Morgan fingerprint density at radius 1 is 1.12 bits per heavy atom. The van der Waals surface area contributed by atoms with Crippen molar-refractivity contribution < 1.29 is 13.2 Å². The van der Waals surface area contributed by atoms with Crippen LogP contribution in [-0.2, 0) is 14.8 Å². The minimum Gasteiger partial charge on any atom is -0.335 e. The van der Waals surface area contributed by atoms with E-state index >= 15 is 0 Å². The van der Waals surface area contributed by atoms with Crippen molar-refractivity contribution in [1.82, 2.24) is 9.62 Å². The number of benzene rings is 2. The van der Waals surface area contributed by atoms with Crippen LogP contribution < -0.4 is 4.72 Å². The lowest BCUT2D eigenvalue weighted by Gasteiger charge is -2.28. The molecule has 0 saturated heterocycles. The minimum absolute atomic E-state index is 0.0907. The van der Waals surface area contributed by atoms with Crippen molar-refractivity contribution in [2.24, 2.45) is 0 Å². The maximum absolute atomic E-state index is 12.5. The summed E-state index contributed by atoms with van der Waals surface area (Å²) in [6, 6.07) is 14.8. The summed E-state index contributed by atoms with van der Waals surface area (Å²) in [6.07, 6.45) is 0. The fourth-order valence-corrected chi connectivity index (χ4v) is 4.26. The van der Waals surface area contributed by atoms with Gasteiger partial charge in [0.2, 0.25) is 15.9 Å². The third kappa shape index (κ3) is 4.93. The molecule has 140 valence electrons. The molecule has 0 aliphatic carbocycles. The number of amides is 1. The van der Waals surface area contributed by atoms with Gasteiger partial charge in [0.05, 0.1) is 10.9 Å². The molecule has 2 rings (SSSR count). The quantitative estimate of drug-likeness (QED) is 0.809. The molecule has 0 heterocycles. The zero-order valence-electron chi connectivity index (χ0n) is 15.7. The van der Waals surface area contributed by atoms with Gasteiger partial charge in [0.25, 0.3) is 0 Å². The van der Waals surface area contributed by atoms with Gasteiger partial charge >= 0.3 is 0 Å². The molecule has 1 atom stereocenters. The largest absolute Gasteiger partial charge is 0.335 e. The Morgan fingerprint density at radius 2 is 1.77 bits per heavy atom. The summed E-state index contributed by atoms with van der Waals surface area (Å²) < 4.78 is 27.7. The SMILES string of the molecule is CC(=O)N(CCNS(=O)(=O)c1ccc(C)cc1C)C(C)c1ccccc1. The van der Waals surface area contributed by atoms with Crippen LogP contribution in [0.1, 0.15) is 36.6 Å². The van der Waals surface area contributed by atoms with E-state index in [9.17, 15) is 13.2 Å². The highest BCUT2D eigenvalue weighted by Gasteiger charge is 2.20. The summed E-state index contributed by atoms with van der Waals surface area (Å²) in [5.74, 6) is -0.0907. The van der Waals surface area contributed by atoms with Crippen LogP contribution in [0.3, 0.4) is 0 Å². The highest BCUT2D eigenvalue weighted by molar-refractivity contribution is 7.89. The first kappa shape index (κ1) is 20.1. The number of rotatable bonds is 7. The predicted octanol–water partition coefficient (Wildman–Crippen LogP) is 3.19. The molecule has 1 N–H and O–H groups in total. The molecule has 0 saturated carbocycles. The second kappa shape index (κ2) is 8.47. The van der Waals surface area contributed by atoms with E-state index in [1.807, 2.05) is 50.2 Å². The zero-order valence-corrected chi connectivity index (χ0v) is 16.5. The van der Waals surface area contributed by atoms with Gasteiger partial charge in [-0.05, 0) is 38.0 Å². The Balaban J connectivity index is 2.06. The summed E-state index contributed by atoms with van der Waals surface area (Å²) in [4.78, 5) is 14.0. The number of aryl methyl sites for hydroxylation is 2. The van der Waals surface area contributed by atoms with Crippen molar-refractivity contribution in [2.45, 2.75) is 38.6 Å². The third-order valence-corrected chi connectivity index (χ3v) is 6.04. The van der Waals surface area contributed by atoms with Crippen molar-refractivity contribution in [3.8, 4) is 0 Å². The van der Waals surface area contributed by atoms with E-state index < -0.39 is 10.0 Å². The van der Waals surface area contributed by atoms with E-state index in [4.69, 9.17) is 0 Å². The number of sulfonamides is 1. The van der Waals surface area contributed by atoms with Gasteiger partial charge < -0.3 is 4.90 Å². The average molecular weight is 375 g/mol. The first-order valence-electron chi connectivity index (χ1n) is 8.61. The highest BCUT2D eigenvalue weighted by Crippen LogP contribution is 2.20. The second-order valence-corrected chi connectivity index (χ2v) is 8.20. The number of nitrogens with zero attached hydrogens (tertiary/aromatic N) is 1. The topological polar surface area (TPSA) is 66.5 Å². The second-order valence-electron chi connectivity index (χ2n) is 6.47. The molecule has 1 amide bonds. The van der Waals surface area contributed by atoms with Crippen molar-refractivity contribution in [1.29, 1.82) is 0 Å². The van der Waals surface area contributed by atoms with Gasteiger partial charge in [-0.25, -0.2) is 13.1 Å². The maximum atomic E-state index is 12.5. The van der Waals surface area contributed by atoms with Crippen LogP contribution in [0, 0.1) is 13.8 Å². The Hall–Kier alpha value is -2.18. The van der Waals surface area contributed by atoms with E-state index in [-0.39, 0.29) is 23.4 Å². The molecule has 0 fully saturated rings. The van der Waals surface area contributed by atoms with Crippen molar-refractivity contribution in [3.63, 3.8) is 0 Å². The molecule has 0 bridgehead atoms. The fourth-order valence-electron chi connectivity index (χ4n) is 3.01. The smallest absolute Gasteiger partial charge is 0.240 e. The Bertz CT molecular complexity index is 864. The summed E-state index contributed by atoms with van der Waals surface area (Å²) >= 11 is 0. The van der Waals surface area contributed by atoms with E-state index in [2.05, 4.69) is 4.72 Å². The van der Waals surface area contributed by atoms with Crippen molar-refractivity contribution >= 4 is 15.9 Å². The van der Waals surface area contributed by atoms with Gasteiger partial charge in [0.15, 0.2) is 0 Å². The lowest BCUT2D eigenvalue weighted by Crippen LogP contribution is -2.39. The Morgan fingerprint density at radius 3 is 2.35 bits per heavy atom. The molecule has 2 aromatic rings. The summed E-state index contributed by atoms with van der Waals surface area (Å²) in [5, 5.41) is 0. The zero-order chi connectivity index (χ0) is 19.3. The minimum atomic E-state index is -3.61. The van der Waals surface area contributed by atoms with Gasteiger partial charge in [-0.1, -0.05) is 48.0 Å². The number of hydrogen-bond donors (Lipinski definition) is 1. The lowest BCUT2D eigenvalue weighted by atomic mass is 10.1. The van der Waals surface area contributed by atoms with Gasteiger partial charge in [-0.2, -0.15) is 0 Å². The first-order chi connectivity index (χ1) is 12.2. The highest BCUT2D eigenvalue weighted by atomic mass is 32.2. The molecule has 0 radical (unpaired) electrons. The first-order valence-corrected chi connectivity index (χ1v) is 10.1. The van der Waals surface area contributed by atoms with Crippen LogP contribution in [0.2, 0.25) is 0 Å². The Labute approximate surface area is 156 Å². The van der Waals surface area contributed by atoms with Crippen LogP contribution in [0.4, 0.5) is 0 Å². The van der Waals surface area contributed by atoms with Crippen LogP contribution >= 0.6 is 0 Å². The predicted molar refractivity (Wildman–Crippen MR) is 103 cm³/mol. The molecule has 2 aromatic carbocycles. The lowest BCUT2D eigenvalue weighted by molar-refractivity contribution is -0.130. The van der Waals surface area contributed by atoms with Crippen LogP contribution in [0.25, 0.3) is 0 Å². The molecule has 0 aromatic heterocycles. The van der Waals surface area contributed by atoms with Gasteiger partial charge in [-0.3, -0.25) is 4.79 Å². The van der Waals surface area contributed by atoms with E-state index in [1.165, 1.54) is 6.92 Å². The third-order valence-electron chi connectivity index (χ3n) is 4.42. The summed E-state index contributed by atoms with van der Waals surface area (Å²) in [6.45, 7) is 7.60. The Kier molecular flexibility index (Phi) is 6.56. The molecule has 0 aliphatic rings. The molecule has 0 aliphatic heterocycles. The standard InChI is InChI=1S/C20H26N2O3S/c1-15-10-11-20(16(2)14-15)26(24,25)21-12-13-22(18(4)23)17(3)19-8-6-5-7-9-19/h5-11,14,17,21H,12-13H2,1-4H3. The number of nitrogens with one attached hydrogen (secondary N) is 1. The number of hydrogen-bond acceptors (Lipinski definition) is 3. The molecule has 1 unspecified atom stereocenters. The summed E-state index contributed by atoms with van der Waals surface area (Å²) in [7, 11) is -3.61. The molecular weight excluding hydrogens is 348 g/mol. The molecular formula is C20H26N2O3S. The van der Waals surface area contributed by atoms with E-state index in [0.717, 1.165) is 11.1 Å². The van der Waals surface area contributed by atoms with Gasteiger partial charge in [0, 0.05) is 20.0 Å². The maximum Gasteiger partial charge on any atom is 0.240 e. The molecule has 26 heavy (non-hydrogen) atoms. The number of carbonyl (C=O) groups is 1. The van der Waals surface area contributed by atoms with E-state index in [1.54, 1.807) is 24.0 Å². The normalized spacial score (nSPS) is 12.6. The van der Waals surface area contributed by atoms with E-state index in [0.29, 0.717) is 12.1 Å². The molecule has 6 heteroatoms. The van der Waals surface area contributed by atoms with Gasteiger partial charge in [-0.15, -0.1) is 0 Å². The molecule has 5 nitrogen and oxygen atoms in total. The van der Waals surface area contributed by atoms with Gasteiger partial charge in [0.1, 0.15) is 0 Å².